The van der Waals surface area contributed by atoms with E-state index in [0.717, 1.165) is 44.2 Å². The van der Waals surface area contributed by atoms with Crippen molar-refractivity contribution in [3.63, 3.8) is 0 Å². The summed E-state index contributed by atoms with van der Waals surface area (Å²) in [5.41, 5.74) is 1.28. The first-order valence-corrected chi connectivity index (χ1v) is 9.27. The van der Waals surface area contributed by atoms with E-state index in [1.807, 2.05) is 0 Å². The van der Waals surface area contributed by atoms with E-state index in [1.54, 1.807) is 7.11 Å². The number of methoxy groups -OCH3 is 1. The van der Waals surface area contributed by atoms with Gasteiger partial charge >= 0.3 is 0 Å². The second-order valence-electron chi connectivity index (χ2n) is 6.06. The first-order valence-electron chi connectivity index (χ1n) is 9.27. The van der Waals surface area contributed by atoms with Crippen molar-refractivity contribution in [1.82, 2.24) is 4.90 Å². The van der Waals surface area contributed by atoms with Gasteiger partial charge in [0.1, 0.15) is 0 Å². The lowest BCUT2D eigenvalue weighted by molar-refractivity contribution is 0.281. The number of nitrogens with zero attached hydrogens (tertiary/aromatic N) is 1. The van der Waals surface area contributed by atoms with Crippen LogP contribution in [0.1, 0.15) is 64.9 Å². The third-order valence-electron chi connectivity index (χ3n) is 4.28. The number of benzene rings is 1. The minimum Gasteiger partial charge on any atom is -0.493 e. The van der Waals surface area contributed by atoms with Gasteiger partial charge < -0.3 is 9.47 Å². The van der Waals surface area contributed by atoms with Gasteiger partial charge in [0.25, 0.3) is 0 Å². The summed E-state index contributed by atoms with van der Waals surface area (Å²) in [6.07, 6.45) is 7.68. The lowest BCUT2D eigenvalue weighted by Gasteiger charge is -2.19. The van der Waals surface area contributed by atoms with Crippen LogP contribution in [0.3, 0.4) is 0 Å². The van der Waals surface area contributed by atoms with Crippen molar-refractivity contribution in [3.8, 4) is 11.5 Å². The van der Waals surface area contributed by atoms with Gasteiger partial charge in [0.15, 0.2) is 11.5 Å². The SMILES string of the molecule is CCCCCCCCOc1ccc(CN(CC)CC)cc1OC. The van der Waals surface area contributed by atoms with Crippen LogP contribution >= 0.6 is 0 Å². The van der Waals surface area contributed by atoms with Crippen molar-refractivity contribution >= 4 is 0 Å². The molecule has 1 aromatic carbocycles. The summed E-state index contributed by atoms with van der Waals surface area (Å²) >= 11 is 0. The molecule has 0 fully saturated rings. The quantitative estimate of drug-likeness (QED) is 0.462. The Bertz CT molecular complexity index is 416. The maximum absolute atomic E-state index is 5.91. The van der Waals surface area contributed by atoms with E-state index in [2.05, 4.69) is 43.9 Å². The number of hydrogen-bond acceptors (Lipinski definition) is 3. The molecule has 0 amide bonds. The van der Waals surface area contributed by atoms with Crippen LogP contribution in [0, 0.1) is 0 Å². The van der Waals surface area contributed by atoms with Gasteiger partial charge in [-0.15, -0.1) is 0 Å². The molecule has 0 bridgehead atoms. The van der Waals surface area contributed by atoms with E-state index < -0.39 is 0 Å². The number of ether oxygens (including phenoxy) is 2. The zero-order valence-electron chi connectivity index (χ0n) is 15.6. The number of hydrogen-bond donors (Lipinski definition) is 0. The van der Waals surface area contributed by atoms with Crippen molar-refractivity contribution in [3.05, 3.63) is 23.8 Å². The van der Waals surface area contributed by atoms with E-state index in [0.29, 0.717) is 0 Å². The highest BCUT2D eigenvalue weighted by Gasteiger charge is 2.08. The Morgan fingerprint density at radius 2 is 1.57 bits per heavy atom. The molecule has 0 radical (unpaired) electrons. The number of unbranched alkanes of at least 4 members (excludes halogenated alkanes) is 5. The third-order valence-corrected chi connectivity index (χ3v) is 4.28. The highest BCUT2D eigenvalue weighted by atomic mass is 16.5. The van der Waals surface area contributed by atoms with Crippen LogP contribution in [0.4, 0.5) is 0 Å². The first-order chi connectivity index (χ1) is 11.2. The van der Waals surface area contributed by atoms with Crippen LogP contribution in [0.2, 0.25) is 0 Å². The summed E-state index contributed by atoms with van der Waals surface area (Å²) in [5.74, 6) is 1.71. The van der Waals surface area contributed by atoms with Gasteiger partial charge in [-0.05, 0) is 37.2 Å². The topological polar surface area (TPSA) is 21.7 Å². The fourth-order valence-corrected chi connectivity index (χ4v) is 2.70. The monoisotopic (exact) mass is 321 g/mol. The minimum atomic E-state index is 0.776. The predicted octanol–water partition coefficient (Wildman–Crippen LogP) is 5.28. The van der Waals surface area contributed by atoms with Crippen LogP contribution in [0.5, 0.6) is 11.5 Å². The molecule has 0 aliphatic carbocycles. The fourth-order valence-electron chi connectivity index (χ4n) is 2.70. The highest BCUT2D eigenvalue weighted by Crippen LogP contribution is 2.28. The highest BCUT2D eigenvalue weighted by molar-refractivity contribution is 5.42. The second-order valence-corrected chi connectivity index (χ2v) is 6.06. The Kier molecular flexibility index (Phi) is 10.5. The normalized spacial score (nSPS) is 11.0. The first kappa shape index (κ1) is 19.8. The zero-order chi connectivity index (χ0) is 16.9. The molecule has 3 heteroatoms. The molecule has 3 nitrogen and oxygen atoms in total. The van der Waals surface area contributed by atoms with Crippen molar-refractivity contribution in [2.45, 2.75) is 65.8 Å². The Balaban J connectivity index is 2.43. The van der Waals surface area contributed by atoms with Crippen LogP contribution in [-0.4, -0.2) is 31.7 Å². The summed E-state index contributed by atoms with van der Waals surface area (Å²) < 4.78 is 11.4. The van der Waals surface area contributed by atoms with Crippen LogP contribution < -0.4 is 9.47 Å². The van der Waals surface area contributed by atoms with E-state index in [9.17, 15) is 0 Å². The fraction of sp³-hybridized carbons (Fsp3) is 0.700. The average molecular weight is 322 g/mol. The summed E-state index contributed by atoms with van der Waals surface area (Å²) in [6, 6.07) is 6.31. The Morgan fingerprint density at radius 1 is 0.870 bits per heavy atom. The maximum atomic E-state index is 5.91. The van der Waals surface area contributed by atoms with Gasteiger partial charge in [-0.3, -0.25) is 4.90 Å². The summed E-state index contributed by atoms with van der Waals surface area (Å²) in [7, 11) is 1.72. The molecule has 0 unspecified atom stereocenters. The largest absolute Gasteiger partial charge is 0.493 e. The van der Waals surface area contributed by atoms with Crippen molar-refractivity contribution in [1.29, 1.82) is 0 Å². The average Bonchev–Trinajstić information content (AvgIpc) is 2.59. The molecule has 1 rings (SSSR count). The summed E-state index contributed by atoms with van der Waals surface area (Å²) in [4.78, 5) is 2.39. The Labute approximate surface area is 143 Å². The lowest BCUT2D eigenvalue weighted by atomic mass is 10.1. The van der Waals surface area contributed by atoms with Gasteiger partial charge in [-0.25, -0.2) is 0 Å². The van der Waals surface area contributed by atoms with E-state index in [1.165, 1.54) is 37.7 Å². The summed E-state index contributed by atoms with van der Waals surface area (Å²) in [5, 5.41) is 0. The lowest BCUT2D eigenvalue weighted by Crippen LogP contribution is -2.22. The standard InChI is InChI=1S/C20H35NO2/c1-5-8-9-10-11-12-15-23-19-14-13-18(16-20(19)22-4)17-21(6-2)7-3/h13-14,16H,5-12,15,17H2,1-4H3. The molecule has 0 spiro atoms. The van der Waals surface area contributed by atoms with Gasteiger partial charge in [0, 0.05) is 6.54 Å². The molecular weight excluding hydrogens is 286 g/mol. The van der Waals surface area contributed by atoms with E-state index in [4.69, 9.17) is 9.47 Å². The molecule has 0 heterocycles. The van der Waals surface area contributed by atoms with Crippen LogP contribution in [0.25, 0.3) is 0 Å². The zero-order valence-corrected chi connectivity index (χ0v) is 15.6. The second kappa shape index (κ2) is 12.2. The molecule has 0 N–H and O–H groups in total. The van der Waals surface area contributed by atoms with Crippen molar-refractivity contribution in [2.75, 3.05) is 26.8 Å². The van der Waals surface area contributed by atoms with Crippen LogP contribution in [0.15, 0.2) is 18.2 Å². The molecule has 132 valence electrons. The third kappa shape index (κ3) is 7.74. The molecule has 0 aromatic heterocycles. The number of rotatable bonds is 13. The molecular formula is C20H35NO2. The van der Waals surface area contributed by atoms with E-state index >= 15 is 0 Å². The van der Waals surface area contributed by atoms with Gasteiger partial charge in [0.05, 0.1) is 13.7 Å². The molecule has 23 heavy (non-hydrogen) atoms. The molecule has 0 saturated carbocycles. The maximum Gasteiger partial charge on any atom is 0.161 e. The van der Waals surface area contributed by atoms with Gasteiger partial charge in [-0.2, -0.15) is 0 Å². The minimum absolute atomic E-state index is 0.776. The smallest absolute Gasteiger partial charge is 0.161 e. The van der Waals surface area contributed by atoms with Gasteiger partial charge in [0.2, 0.25) is 0 Å². The van der Waals surface area contributed by atoms with E-state index in [-0.39, 0.29) is 0 Å². The van der Waals surface area contributed by atoms with Crippen molar-refractivity contribution < 1.29 is 9.47 Å². The molecule has 1 aromatic rings. The molecule has 0 atom stereocenters. The summed E-state index contributed by atoms with van der Waals surface area (Å²) in [6.45, 7) is 10.5. The van der Waals surface area contributed by atoms with Gasteiger partial charge in [-0.1, -0.05) is 58.9 Å². The molecule has 0 saturated heterocycles. The molecule has 0 aliphatic heterocycles. The Hall–Kier alpha value is -1.22. The Morgan fingerprint density at radius 3 is 2.22 bits per heavy atom. The molecule has 0 aliphatic rings. The van der Waals surface area contributed by atoms with Crippen LogP contribution in [-0.2, 0) is 6.54 Å². The predicted molar refractivity (Wildman–Crippen MR) is 98.5 cm³/mol. The van der Waals surface area contributed by atoms with Crippen molar-refractivity contribution in [2.24, 2.45) is 0 Å².